The first-order valence-electron chi connectivity index (χ1n) is 9.52. The molecule has 0 atom stereocenters. The number of guanidine groups is 1. The van der Waals surface area contributed by atoms with Crippen molar-refractivity contribution in [3.63, 3.8) is 0 Å². The number of nitrogens with one attached hydrogen (secondary N) is 2. The Morgan fingerprint density at radius 2 is 1.81 bits per heavy atom. The molecule has 2 heterocycles. The fraction of sp³-hybridized carbons (Fsp3) is 0.778. The molecule has 1 aliphatic rings. The maximum absolute atomic E-state index is 4.72. The van der Waals surface area contributed by atoms with Gasteiger partial charge in [0.2, 0.25) is 0 Å². The summed E-state index contributed by atoms with van der Waals surface area (Å²) < 4.78 is 0. The summed E-state index contributed by atoms with van der Waals surface area (Å²) in [6.45, 7) is 18.1. The van der Waals surface area contributed by atoms with Gasteiger partial charge in [-0.1, -0.05) is 6.92 Å². The van der Waals surface area contributed by atoms with Crippen molar-refractivity contribution in [2.45, 2.75) is 34.1 Å². The Labute approximate surface area is 179 Å². The lowest BCUT2D eigenvalue weighted by Crippen LogP contribution is -2.47. The van der Waals surface area contributed by atoms with Crippen molar-refractivity contribution in [3.05, 3.63) is 15.6 Å². The topological polar surface area (TPSA) is 55.8 Å². The predicted octanol–water partition coefficient (Wildman–Crippen LogP) is 2.11. The van der Waals surface area contributed by atoms with Gasteiger partial charge in [0.05, 0.1) is 17.2 Å². The molecule has 2 rings (SSSR count). The Morgan fingerprint density at radius 1 is 1.12 bits per heavy atom. The molecule has 0 saturated carbocycles. The molecule has 2 N–H and O–H groups in total. The van der Waals surface area contributed by atoms with E-state index in [0.717, 1.165) is 57.3 Å². The van der Waals surface area contributed by atoms with Crippen molar-refractivity contribution >= 4 is 41.3 Å². The van der Waals surface area contributed by atoms with Gasteiger partial charge in [-0.25, -0.2) is 4.98 Å². The summed E-state index contributed by atoms with van der Waals surface area (Å²) in [5.41, 5.74) is 1.16. The number of aromatic nitrogens is 1. The maximum atomic E-state index is 4.72. The lowest BCUT2D eigenvalue weighted by atomic mass is 10.3. The van der Waals surface area contributed by atoms with Gasteiger partial charge in [-0.05, 0) is 27.3 Å². The number of nitrogens with zero attached hydrogens (tertiary/aromatic N) is 4. The normalized spacial score (nSPS) is 16.4. The molecule has 1 aromatic rings. The molecule has 150 valence electrons. The summed E-state index contributed by atoms with van der Waals surface area (Å²) in [5, 5.41) is 7.97. The number of piperazine rings is 1. The van der Waals surface area contributed by atoms with Crippen LogP contribution in [0.1, 0.15) is 29.4 Å². The Kier molecular flexibility index (Phi) is 11.7. The summed E-state index contributed by atoms with van der Waals surface area (Å²) in [7, 11) is 0. The summed E-state index contributed by atoms with van der Waals surface area (Å²) in [6.07, 6.45) is 0.947. The standard InChI is InChI=1S/C18H34N6S.HI/c1-5-19-18(20-8-7-17-22-15(3)16(4)25-17)21-9-10-24-13-11-23(6-2)12-14-24;/h5-14H2,1-4H3,(H2,19,20,21);1H. The van der Waals surface area contributed by atoms with E-state index in [4.69, 9.17) is 4.99 Å². The van der Waals surface area contributed by atoms with E-state index in [1.165, 1.54) is 29.5 Å². The van der Waals surface area contributed by atoms with Gasteiger partial charge in [0.25, 0.3) is 0 Å². The molecule has 8 heteroatoms. The molecule has 0 amide bonds. The maximum Gasteiger partial charge on any atom is 0.191 e. The van der Waals surface area contributed by atoms with Crippen molar-refractivity contribution in [3.8, 4) is 0 Å². The predicted molar refractivity (Wildman–Crippen MR) is 123 cm³/mol. The molecule has 26 heavy (non-hydrogen) atoms. The van der Waals surface area contributed by atoms with Crippen molar-refractivity contribution in [1.82, 2.24) is 25.4 Å². The zero-order chi connectivity index (χ0) is 18.1. The van der Waals surface area contributed by atoms with E-state index in [9.17, 15) is 0 Å². The van der Waals surface area contributed by atoms with Crippen LogP contribution in [-0.2, 0) is 6.42 Å². The van der Waals surface area contributed by atoms with Gasteiger partial charge in [0, 0.05) is 57.1 Å². The van der Waals surface area contributed by atoms with Crippen LogP contribution < -0.4 is 10.6 Å². The molecule has 0 aliphatic carbocycles. The summed E-state index contributed by atoms with van der Waals surface area (Å²) in [4.78, 5) is 15.7. The summed E-state index contributed by atoms with van der Waals surface area (Å²) in [5.74, 6) is 0.916. The fourth-order valence-electron chi connectivity index (χ4n) is 2.91. The lowest BCUT2D eigenvalue weighted by Gasteiger charge is -2.33. The quantitative estimate of drug-likeness (QED) is 0.330. The molecule has 0 spiro atoms. The first kappa shape index (κ1) is 23.6. The number of likely N-dealkylation sites (N-methyl/N-ethyl adjacent to an activating group) is 1. The Balaban J connectivity index is 0.00000338. The molecule has 1 aliphatic heterocycles. The van der Waals surface area contributed by atoms with Crippen molar-refractivity contribution in [2.24, 2.45) is 4.99 Å². The number of thiazole rings is 1. The third kappa shape index (κ3) is 8.06. The average Bonchev–Trinajstić information content (AvgIpc) is 2.93. The van der Waals surface area contributed by atoms with Gasteiger partial charge in [-0.2, -0.15) is 0 Å². The molecule has 1 saturated heterocycles. The minimum atomic E-state index is 0. The number of hydrogen-bond donors (Lipinski definition) is 2. The SMILES string of the molecule is CCNC(=NCCN1CCN(CC)CC1)NCCc1nc(C)c(C)s1.I. The lowest BCUT2D eigenvalue weighted by molar-refractivity contribution is 0.140. The molecule has 0 bridgehead atoms. The first-order chi connectivity index (χ1) is 12.1. The highest BCUT2D eigenvalue weighted by molar-refractivity contribution is 14.0. The minimum absolute atomic E-state index is 0. The van der Waals surface area contributed by atoms with Crippen LogP contribution >= 0.6 is 35.3 Å². The minimum Gasteiger partial charge on any atom is -0.357 e. The zero-order valence-corrected chi connectivity index (χ0v) is 19.8. The van der Waals surface area contributed by atoms with E-state index in [0.29, 0.717) is 0 Å². The smallest absolute Gasteiger partial charge is 0.191 e. The number of aliphatic imine (C=N–C) groups is 1. The van der Waals surface area contributed by atoms with Crippen LogP contribution in [0.5, 0.6) is 0 Å². The third-order valence-electron chi connectivity index (χ3n) is 4.65. The van der Waals surface area contributed by atoms with Gasteiger partial charge >= 0.3 is 0 Å². The highest BCUT2D eigenvalue weighted by atomic mass is 127. The second kappa shape index (κ2) is 12.9. The number of aryl methyl sites for hydroxylation is 2. The highest BCUT2D eigenvalue weighted by Gasteiger charge is 2.14. The number of hydrogen-bond acceptors (Lipinski definition) is 5. The van der Waals surface area contributed by atoms with Gasteiger partial charge in [-0.15, -0.1) is 35.3 Å². The molecular weight excluding hydrogens is 459 g/mol. The highest BCUT2D eigenvalue weighted by Crippen LogP contribution is 2.16. The summed E-state index contributed by atoms with van der Waals surface area (Å²) >= 11 is 1.80. The monoisotopic (exact) mass is 494 g/mol. The molecule has 1 aromatic heterocycles. The van der Waals surface area contributed by atoms with Crippen LogP contribution in [0, 0.1) is 13.8 Å². The van der Waals surface area contributed by atoms with Crippen molar-refractivity contribution in [1.29, 1.82) is 0 Å². The second-order valence-electron chi connectivity index (χ2n) is 6.46. The molecular formula is C18H35IN6S. The average molecular weight is 494 g/mol. The number of halogens is 1. The fourth-order valence-corrected chi connectivity index (χ4v) is 3.84. The van der Waals surface area contributed by atoms with Crippen LogP contribution in [0.4, 0.5) is 0 Å². The van der Waals surface area contributed by atoms with Crippen LogP contribution in [0.15, 0.2) is 4.99 Å². The van der Waals surface area contributed by atoms with Gasteiger partial charge in [-0.3, -0.25) is 9.89 Å². The molecule has 6 nitrogen and oxygen atoms in total. The van der Waals surface area contributed by atoms with Crippen molar-refractivity contribution < 1.29 is 0 Å². The largest absolute Gasteiger partial charge is 0.357 e. The van der Waals surface area contributed by atoms with Crippen LogP contribution in [-0.4, -0.2) is 79.6 Å². The first-order valence-corrected chi connectivity index (χ1v) is 10.3. The second-order valence-corrected chi connectivity index (χ2v) is 7.75. The van der Waals surface area contributed by atoms with Crippen LogP contribution in [0.25, 0.3) is 0 Å². The van der Waals surface area contributed by atoms with E-state index < -0.39 is 0 Å². The molecule has 0 radical (unpaired) electrons. The van der Waals surface area contributed by atoms with Crippen molar-refractivity contribution in [2.75, 3.05) is 58.9 Å². The Hall–Kier alpha value is -0.450. The van der Waals surface area contributed by atoms with Crippen LogP contribution in [0.3, 0.4) is 0 Å². The van der Waals surface area contributed by atoms with Gasteiger partial charge in [0.15, 0.2) is 5.96 Å². The molecule has 0 aromatic carbocycles. The molecule has 1 fully saturated rings. The summed E-state index contributed by atoms with van der Waals surface area (Å²) in [6, 6.07) is 0. The van der Waals surface area contributed by atoms with E-state index in [1.54, 1.807) is 11.3 Å². The zero-order valence-electron chi connectivity index (χ0n) is 16.7. The van der Waals surface area contributed by atoms with E-state index in [2.05, 4.69) is 53.1 Å². The van der Waals surface area contributed by atoms with E-state index in [1.807, 2.05) is 0 Å². The Bertz CT molecular complexity index is 520. The molecule has 0 unspecified atom stereocenters. The Morgan fingerprint density at radius 3 is 2.38 bits per heavy atom. The third-order valence-corrected chi connectivity index (χ3v) is 5.78. The van der Waals surface area contributed by atoms with Gasteiger partial charge < -0.3 is 15.5 Å². The number of rotatable bonds is 8. The van der Waals surface area contributed by atoms with E-state index in [-0.39, 0.29) is 24.0 Å². The van der Waals surface area contributed by atoms with Gasteiger partial charge in [0.1, 0.15) is 0 Å². The van der Waals surface area contributed by atoms with E-state index >= 15 is 0 Å². The van der Waals surface area contributed by atoms with Crippen LogP contribution in [0.2, 0.25) is 0 Å².